The van der Waals surface area contributed by atoms with Gasteiger partial charge >= 0.3 is 5.97 Å². The van der Waals surface area contributed by atoms with Crippen LogP contribution in [0.5, 0.6) is 0 Å². The lowest BCUT2D eigenvalue weighted by atomic mass is 10.0. The largest absolute Gasteiger partial charge is 0.448 e. The minimum absolute atomic E-state index is 0.222. The third kappa shape index (κ3) is 3.93. The van der Waals surface area contributed by atoms with Gasteiger partial charge in [-0.25, -0.2) is 4.79 Å². The summed E-state index contributed by atoms with van der Waals surface area (Å²) >= 11 is 3.08. The predicted octanol–water partition coefficient (Wildman–Crippen LogP) is 3.69. The van der Waals surface area contributed by atoms with Gasteiger partial charge in [0.2, 0.25) is 5.91 Å². The second kappa shape index (κ2) is 9.12. The second-order valence-corrected chi connectivity index (χ2v) is 9.13. The molecule has 0 spiro atoms. The highest BCUT2D eigenvalue weighted by Gasteiger charge is 2.52. The Bertz CT molecular complexity index is 939. The molecule has 154 valence electrons. The van der Waals surface area contributed by atoms with Crippen molar-refractivity contribution in [1.82, 2.24) is 4.90 Å². The van der Waals surface area contributed by atoms with E-state index in [1.54, 1.807) is 17.8 Å². The zero-order chi connectivity index (χ0) is 21.1. The summed E-state index contributed by atoms with van der Waals surface area (Å²) in [6.45, 7) is 3.75. The van der Waals surface area contributed by atoms with Gasteiger partial charge in [-0.3, -0.25) is 9.69 Å². The first kappa shape index (κ1) is 20.8. The smallest absolute Gasteiger partial charge is 0.356 e. The van der Waals surface area contributed by atoms with E-state index in [2.05, 4.69) is 6.58 Å². The fourth-order valence-electron chi connectivity index (χ4n) is 3.49. The Hall–Kier alpha value is -2.48. The van der Waals surface area contributed by atoms with Crippen LogP contribution in [0.2, 0.25) is 0 Å². The van der Waals surface area contributed by atoms with Crippen molar-refractivity contribution in [2.24, 2.45) is 5.73 Å². The van der Waals surface area contributed by atoms with Crippen molar-refractivity contribution in [3.05, 3.63) is 95.0 Å². The van der Waals surface area contributed by atoms with Gasteiger partial charge in [0.25, 0.3) is 0 Å². The number of esters is 1. The molecule has 1 fully saturated rings. The maximum Gasteiger partial charge on any atom is 0.356 e. The molecule has 0 aliphatic carbocycles. The molecule has 2 aromatic rings. The summed E-state index contributed by atoms with van der Waals surface area (Å²) in [4.78, 5) is 28.2. The van der Waals surface area contributed by atoms with Crippen LogP contribution in [0.15, 0.2) is 83.9 Å². The van der Waals surface area contributed by atoms with Gasteiger partial charge in [0.05, 0.1) is 0 Å². The van der Waals surface area contributed by atoms with Crippen LogP contribution in [-0.4, -0.2) is 39.7 Å². The van der Waals surface area contributed by atoms with Gasteiger partial charge in [-0.05, 0) is 11.1 Å². The van der Waals surface area contributed by atoms with Crippen molar-refractivity contribution in [3.63, 3.8) is 0 Å². The molecule has 0 bridgehead atoms. The zero-order valence-corrected chi connectivity index (χ0v) is 17.9. The Morgan fingerprint density at radius 1 is 1.20 bits per heavy atom. The minimum Gasteiger partial charge on any atom is -0.448 e. The van der Waals surface area contributed by atoms with Gasteiger partial charge in [0.15, 0.2) is 6.10 Å². The molecule has 2 atom stereocenters. The fourth-order valence-corrected chi connectivity index (χ4v) is 5.81. The summed E-state index contributed by atoms with van der Waals surface area (Å²) < 4.78 is 6.03. The molecule has 0 saturated carbocycles. The van der Waals surface area contributed by atoms with Crippen LogP contribution < -0.4 is 5.73 Å². The quantitative estimate of drug-likeness (QED) is 0.404. The van der Waals surface area contributed by atoms with Crippen molar-refractivity contribution in [3.8, 4) is 0 Å². The highest BCUT2D eigenvalue weighted by molar-refractivity contribution is 8.06. The van der Waals surface area contributed by atoms with Gasteiger partial charge in [0, 0.05) is 16.4 Å². The van der Waals surface area contributed by atoms with Crippen molar-refractivity contribution < 1.29 is 14.3 Å². The van der Waals surface area contributed by atoms with Crippen LogP contribution in [0.1, 0.15) is 17.2 Å². The molecular formula is C23H22N2O3S2. The Kier molecular flexibility index (Phi) is 6.32. The molecule has 2 aliphatic rings. The summed E-state index contributed by atoms with van der Waals surface area (Å²) in [7, 11) is 0. The number of carbonyl (C=O) groups excluding carboxylic acids is 2. The Morgan fingerprint density at radius 3 is 2.37 bits per heavy atom. The molecule has 1 saturated heterocycles. The van der Waals surface area contributed by atoms with Gasteiger partial charge in [-0.1, -0.05) is 66.7 Å². The first-order valence-electron chi connectivity index (χ1n) is 9.59. The van der Waals surface area contributed by atoms with E-state index in [-0.39, 0.29) is 11.3 Å². The average molecular weight is 439 g/mol. The van der Waals surface area contributed by atoms with Crippen molar-refractivity contribution in [1.29, 1.82) is 0 Å². The molecule has 1 amide bonds. The van der Waals surface area contributed by atoms with E-state index in [0.29, 0.717) is 17.2 Å². The Balaban J connectivity index is 1.68. The number of hydrogen-bond donors (Lipinski definition) is 1. The number of β-lactam (4-membered cyclic amide) rings is 1. The van der Waals surface area contributed by atoms with Crippen LogP contribution in [0.25, 0.3) is 0 Å². The third-order valence-corrected chi connectivity index (χ3v) is 7.54. The lowest BCUT2D eigenvalue weighted by molar-refractivity contribution is -0.152. The van der Waals surface area contributed by atoms with E-state index < -0.39 is 18.1 Å². The van der Waals surface area contributed by atoms with Crippen molar-refractivity contribution in [2.75, 3.05) is 11.5 Å². The van der Waals surface area contributed by atoms with Gasteiger partial charge < -0.3 is 10.5 Å². The molecule has 2 N–H and O–H groups in total. The fraction of sp³-hybridized carbons (Fsp3) is 0.217. The van der Waals surface area contributed by atoms with E-state index in [9.17, 15) is 9.59 Å². The molecular weight excluding hydrogens is 416 g/mol. The molecule has 0 radical (unpaired) electrons. The molecule has 0 aromatic heterocycles. The first-order valence-corrected chi connectivity index (χ1v) is 11.6. The monoisotopic (exact) mass is 438 g/mol. The van der Waals surface area contributed by atoms with Gasteiger partial charge in [0.1, 0.15) is 17.1 Å². The number of hydrogen-bond acceptors (Lipinski definition) is 6. The third-order valence-electron chi connectivity index (χ3n) is 4.97. The average Bonchev–Trinajstić information content (AvgIpc) is 2.81. The van der Waals surface area contributed by atoms with Gasteiger partial charge in [-0.15, -0.1) is 30.1 Å². The lowest BCUT2D eigenvalue weighted by Gasteiger charge is -2.48. The van der Waals surface area contributed by atoms with E-state index in [1.165, 1.54) is 16.7 Å². The Labute approximate surface area is 184 Å². The maximum atomic E-state index is 13.4. The van der Waals surface area contributed by atoms with Crippen LogP contribution in [0.4, 0.5) is 0 Å². The second-order valence-electron chi connectivity index (χ2n) is 6.91. The van der Waals surface area contributed by atoms with Crippen LogP contribution in [-0.2, 0) is 14.3 Å². The number of nitrogens with zero attached hydrogens (tertiary/aromatic N) is 1. The summed E-state index contributed by atoms with van der Waals surface area (Å²) in [6, 6.07) is 18.6. The molecule has 2 aromatic carbocycles. The molecule has 30 heavy (non-hydrogen) atoms. The van der Waals surface area contributed by atoms with Crippen molar-refractivity contribution in [2.45, 2.75) is 17.5 Å². The SMILES string of the molecule is C=CCSC1=C(C(=O)OC(c2ccccc2)c2ccccc2)N2C(=O)[C@@H](N)[C@@H]2SC1. The number of benzene rings is 2. The predicted molar refractivity (Wildman–Crippen MR) is 122 cm³/mol. The van der Waals surface area contributed by atoms with Crippen LogP contribution in [0, 0.1) is 0 Å². The number of thioether (sulfide) groups is 2. The van der Waals surface area contributed by atoms with Crippen molar-refractivity contribution >= 4 is 35.4 Å². The topological polar surface area (TPSA) is 72.6 Å². The zero-order valence-electron chi connectivity index (χ0n) is 16.3. The first-order chi connectivity index (χ1) is 14.6. The highest BCUT2D eigenvalue weighted by Crippen LogP contribution is 2.43. The number of rotatable bonds is 7. The lowest BCUT2D eigenvalue weighted by Crippen LogP contribution is -2.68. The van der Waals surface area contributed by atoms with E-state index >= 15 is 0 Å². The van der Waals surface area contributed by atoms with E-state index in [1.807, 2.05) is 60.7 Å². The van der Waals surface area contributed by atoms with Crippen LogP contribution in [0.3, 0.4) is 0 Å². The molecule has 7 heteroatoms. The number of carbonyl (C=O) groups is 2. The normalized spacial score (nSPS) is 20.6. The summed E-state index contributed by atoms with van der Waals surface area (Å²) in [5, 5.41) is -0.222. The molecule has 2 heterocycles. The molecule has 2 aliphatic heterocycles. The standard InChI is InChI=1S/C23H22N2O3S2/c1-2-13-29-17-14-30-22-18(24)21(26)25(22)19(17)23(27)28-20(15-9-5-3-6-10-15)16-11-7-4-8-12-16/h2-12,18,20,22H,1,13-14,24H2/t18-,22+/m1/s1. The molecule has 5 nitrogen and oxygen atoms in total. The summed E-state index contributed by atoms with van der Waals surface area (Å²) in [5.74, 6) is 0.509. The Morgan fingerprint density at radius 2 is 1.80 bits per heavy atom. The number of nitrogens with two attached hydrogens (primary N) is 1. The minimum atomic E-state index is -0.581. The maximum absolute atomic E-state index is 13.4. The number of ether oxygens (including phenoxy) is 1. The van der Waals surface area contributed by atoms with E-state index in [4.69, 9.17) is 10.5 Å². The summed E-state index contributed by atoms with van der Waals surface area (Å²) in [5.41, 5.74) is 8.01. The van der Waals surface area contributed by atoms with E-state index in [0.717, 1.165) is 16.0 Å². The highest BCUT2D eigenvalue weighted by atomic mass is 32.2. The number of fused-ring (bicyclic) bond motifs is 1. The number of amides is 1. The molecule has 0 unspecified atom stereocenters. The molecule has 4 rings (SSSR count). The van der Waals surface area contributed by atoms with Crippen LogP contribution >= 0.6 is 23.5 Å². The van der Waals surface area contributed by atoms with Gasteiger partial charge in [-0.2, -0.15) is 0 Å². The summed E-state index contributed by atoms with van der Waals surface area (Å²) in [6.07, 6.45) is 1.20.